The van der Waals surface area contributed by atoms with E-state index in [2.05, 4.69) is 47.1 Å². The van der Waals surface area contributed by atoms with Gasteiger partial charge in [-0.05, 0) is 37.8 Å². The Kier molecular flexibility index (Phi) is 3.72. The number of H-pyrrole nitrogens is 1. The first-order chi connectivity index (χ1) is 10.1. The van der Waals surface area contributed by atoms with Gasteiger partial charge in [0.2, 0.25) is 0 Å². The van der Waals surface area contributed by atoms with E-state index in [1.807, 2.05) is 0 Å². The predicted molar refractivity (Wildman–Crippen MR) is 85.1 cm³/mol. The lowest BCUT2D eigenvalue weighted by Crippen LogP contribution is -2.26. The fraction of sp³-hybridized carbons (Fsp3) is 0.375. The highest BCUT2D eigenvalue weighted by Crippen LogP contribution is 2.39. The van der Waals surface area contributed by atoms with Crippen LogP contribution in [0.5, 0.6) is 0 Å². The van der Waals surface area contributed by atoms with E-state index in [1.165, 1.54) is 16.7 Å². The smallest absolute Gasteiger partial charge is 0.285 e. The third-order valence-corrected chi connectivity index (χ3v) is 4.50. The molecule has 0 bridgehead atoms. The molecule has 1 N–H and O–H groups in total. The van der Waals surface area contributed by atoms with Crippen LogP contribution in [0.3, 0.4) is 0 Å². The fourth-order valence-corrected chi connectivity index (χ4v) is 3.27. The molecule has 0 amide bonds. The molecule has 0 saturated carbocycles. The minimum absolute atomic E-state index is 0.224. The van der Waals surface area contributed by atoms with Gasteiger partial charge in [0, 0.05) is 6.54 Å². The van der Waals surface area contributed by atoms with Crippen LogP contribution in [-0.2, 0) is 0 Å². The molecule has 1 atom stereocenters. The minimum Gasteiger partial charge on any atom is -0.362 e. The number of anilines is 1. The van der Waals surface area contributed by atoms with Gasteiger partial charge in [-0.2, -0.15) is 5.10 Å². The number of aryl methyl sites for hydroxylation is 2. The maximum absolute atomic E-state index is 11.7. The van der Waals surface area contributed by atoms with E-state index in [0.29, 0.717) is 0 Å². The molecule has 1 fully saturated rings. The average molecular weight is 304 g/mol. The number of halogens is 1. The second-order valence-electron chi connectivity index (χ2n) is 5.61. The molecule has 0 aliphatic carbocycles. The molecule has 0 radical (unpaired) electrons. The topological polar surface area (TPSA) is 49.0 Å². The van der Waals surface area contributed by atoms with Gasteiger partial charge < -0.3 is 4.90 Å². The third kappa shape index (κ3) is 2.56. The summed E-state index contributed by atoms with van der Waals surface area (Å²) in [4.78, 5) is 13.9. The van der Waals surface area contributed by atoms with Crippen molar-refractivity contribution in [2.75, 3.05) is 11.4 Å². The number of benzene rings is 1. The molecule has 2 heterocycles. The Morgan fingerprint density at radius 1 is 1.38 bits per heavy atom. The zero-order chi connectivity index (χ0) is 15.0. The molecule has 1 aliphatic rings. The lowest BCUT2D eigenvalue weighted by Gasteiger charge is -2.28. The lowest BCUT2D eigenvalue weighted by molar-refractivity contribution is 0.710. The van der Waals surface area contributed by atoms with Gasteiger partial charge in [0.25, 0.3) is 5.56 Å². The highest BCUT2D eigenvalue weighted by atomic mass is 35.5. The molecular formula is C16H18ClN3O. The Balaban J connectivity index is 2.05. The van der Waals surface area contributed by atoms with Gasteiger partial charge in [0.05, 0.1) is 17.9 Å². The fourth-order valence-electron chi connectivity index (χ4n) is 3.07. The van der Waals surface area contributed by atoms with Crippen LogP contribution in [0.25, 0.3) is 0 Å². The number of aromatic nitrogens is 2. The molecule has 110 valence electrons. The summed E-state index contributed by atoms with van der Waals surface area (Å²) >= 11 is 6.17. The maximum atomic E-state index is 11.7. The summed E-state index contributed by atoms with van der Waals surface area (Å²) in [5, 5.41) is 6.49. The summed E-state index contributed by atoms with van der Waals surface area (Å²) in [5.41, 5.74) is 4.22. The van der Waals surface area contributed by atoms with Crippen LogP contribution >= 0.6 is 11.6 Å². The molecule has 1 saturated heterocycles. The van der Waals surface area contributed by atoms with Gasteiger partial charge in [-0.1, -0.05) is 35.4 Å². The normalized spacial score (nSPS) is 18.2. The number of hydrogen-bond acceptors (Lipinski definition) is 3. The first-order valence-electron chi connectivity index (χ1n) is 7.15. The van der Waals surface area contributed by atoms with Crippen molar-refractivity contribution >= 4 is 17.3 Å². The SMILES string of the molecule is Cc1ccc(C)c([C@@H]2CCCN2c2cn[nH]c(=O)c2Cl)c1. The second-order valence-corrected chi connectivity index (χ2v) is 5.99. The lowest BCUT2D eigenvalue weighted by atomic mass is 9.97. The maximum Gasteiger partial charge on any atom is 0.285 e. The largest absolute Gasteiger partial charge is 0.362 e. The van der Waals surface area contributed by atoms with Crippen LogP contribution in [0.15, 0.2) is 29.2 Å². The van der Waals surface area contributed by atoms with Gasteiger partial charge in [-0.25, -0.2) is 5.10 Å². The molecule has 21 heavy (non-hydrogen) atoms. The molecule has 2 aromatic rings. The second kappa shape index (κ2) is 5.53. The Labute approximate surface area is 128 Å². The van der Waals surface area contributed by atoms with Crippen molar-refractivity contribution in [1.82, 2.24) is 10.2 Å². The number of rotatable bonds is 2. The summed E-state index contributed by atoms with van der Waals surface area (Å²) < 4.78 is 0. The van der Waals surface area contributed by atoms with E-state index in [-0.39, 0.29) is 16.6 Å². The summed E-state index contributed by atoms with van der Waals surface area (Å²) in [5.74, 6) is 0. The summed E-state index contributed by atoms with van der Waals surface area (Å²) in [6, 6.07) is 6.76. The Hall–Kier alpha value is -1.81. The molecule has 0 unspecified atom stereocenters. The molecule has 1 aliphatic heterocycles. The van der Waals surface area contributed by atoms with Crippen molar-refractivity contribution in [3.63, 3.8) is 0 Å². The monoisotopic (exact) mass is 303 g/mol. The predicted octanol–water partition coefficient (Wildman–Crippen LogP) is 3.38. The van der Waals surface area contributed by atoms with Crippen LogP contribution in [0.4, 0.5) is 5.69 Å². The molecule has 1 aromatic carbocycles. The van der Waals surface area contributed by atoms with Gasteiger partial charge in [0.15, 0.2) is 0 Å². The number of hydrogen-bond donors (Lipinski definition) is 1. The quantitative estimate of drug-likeness (QED) is 0.925. The van der Waals surface area contributed by atoms with Crippen molar-refractivity contribution in [1.29, 1.82) is 0 Å². The van der Waals surface area contributed by atoms with E-state index in [1.54, 1.807) is 6.20 Å². The van der Waals surface area contributed by atoms with Crippen LogP contribution in [0.2, 0.25) is 5.02 Å². The first-order valence-corrected chi connectivity index (χ1v) is 7.52. The molecule has 5 heteroatoms. The zero-order valence-electron chi connectivity index (χ0n) is 12.2. The van der Waals surface area contributed by atoms with E-state index >= 15 is 0 Å². The third-order valence-electron chi connectivity index (χ3n) is 4.13. The number of nitrogens with zero attached hydrogens (tertiary/aromatic N) is 2. The van der Waals surface area contributed by atoms with Crippen LogP contribution in [0, 0.1) is 13.8 Å². The van der Waals surface area contributed by atoms with E-state index in [0.717, 1.165) is 25.1 Å². The molecule has 1 aromatic heterocycles. The van der Waals surface area contributed by atoms with Crippen LogP contribution in [0.1, 0.15) is 35.6 Å². The van der Waals surface area contributed by atoms with Gasteiger partial charge in [0.1, 0.15) is 5.02 Å². The summed E-state index contributed by atoms with van der Waals surface area (Å²) in [6.07, 6.45) is 3.79. The van der Waals surface area contributed by atoms with Gasteiger partial charge in [-0.15, -0.1) is 0 Å². The Morgan fingerprint density at radius 2 is 2.19 bits per heavy atom. The molecule has 3 rings (SSSR count). The standard InChI is InChI=1S/C16H18ClN3O/c1-10-5-6-11(2)12(8-10)13-4-3-7-20(13)14-9-18-19-16(21)15(14)17/h5-6,8-9,13H,3-4,7H2,1-2H3,(H,19,21)/t13-/m0/s1. The molecule has 4 nitrogen and oxygen atoms in total. The van der Waals surface area contributed by atoms with E-state index in [9.17, 15) is 4.79 Å². The highest BCUT2D eigenvalue weighted by Gasteiger charge is 2.29. The zero-order valence-corrected chi connectivity index (χ0v) is 12.9. The van der Waals surface area contributed by atoms with Gasteiger partial charge >= 0.3 is 0 Å². The van der Waals surface area contributed by atoms with E-state index < -0.39 is 0 Å². The van der Waals surface area contributed by atoms with E-state index in [4.69, 9.17) is 11.6 Å². The minimum atomic E-state index is -0.333. The van der Waals surface area contributed by atoms with Crippen molar-refractivity contribution < 1.29 is 0 Å². The first kappa shape index (κ1) is 14.1. The molecular weight excluding hydrogens is 286 g/mol. The van der Waals surface area contributed by atoms with Crippen LogP contribution in [-0.4, -0.2) is 16.7 Å². The molecule has 0 spiro atoms. The van der Waals surface area contributed by atoms with Crippen molar-refractivity contribution in [3.05, 3.63) is 56.5 Å². The average Bonchev–Trinajstić information content (AvgIpc) is 2.93. The number of aromatic amines is 1. The van der Waals surface area contributed by atoms with Crippen molar-refractivity contribution in [3.8, 4) is 0 Å². The van der Waals surface area contributed by atoms with Gasteiger partial charge in [-0.3, -0.25) is 4.79 Å². The van der Waals surface area contributed by atoms with Crippen molar-refractivity contribution in [2.24, 2.45) is 0 Å². The Bertz CT molecular complexity index is 726. The Morgan fingerprint density at radius 3 is 3.00 bits per heavy atom. The number of nitrogens with one attached hydrogen (secondary N) is 1. The highest BCUT2D eigenvalue weighted by molar-refractivity contribution is 6.33. The van der Waals surface area contributed by atoms with Crippen LogP contribution < -0.4 is 10.5 Å². The summed E-state index contributed by atoms with van der Waals surface area (Å²) in [7, 11) is 0. The van der Waals surface area contributed by atoms with Crippen molar-refractivity contribution in [2.45, 2.75) is 32.7 Å². The summed E-state index contributed by atoms with van der Waals surface area (Å²) in [6.45, 7) is 5.12.